The predicted octanol–water partition coefficient (Wildman–Crippen LogP) is 3.28. The van der Waals surface area contributed by atoms with Crippen molar-refractivity contribution in [2.75, 3.05) is 6.54 Å². The van der Waals surface area contributed by atoms with E-state index >= 15 is 0 Å². The molecule has 1 heterocycles. The van der Waals surface area contributed by atoms with Crippen LogP contribution in [-0.2, 0) is 21.5 Å². The lowest BCUT2D eigenvalue weighted by molar-refractivity contribution is -0.135. The van der Waals surface area contributed by atoms with E-state index in [1.807, 2.05) is 61.5 Å². The summed E-state index contributed by atoms with van der Waals surface area (Å²) in [5, 5.41) is 5.59. The number of urea groups is 1. The van der Waals surface area contributed by atoms with E-state index in [1.54, 1.807) is 6.92 Å². The van der Waals surface area contributed by atoms with Crippen molar-refractivity contribution in [3.8, 4) is 0 Å². The first-order chi connectivity index (χ1) is 13.8. The number of aryl methyl sites for hydroxylation is 1. The molecule has 3 rings (SSSR count). The molecule has 2 aromatic rings. The van der Waals surface area contributed by atoms with E-state index in [4.69, 9.17) is 0 Å². The van der Waals surface area contributed by atoms with Crippen LogP contribution in [0.2, 0.25) is 0 Å². The van der Waals surface area contributed by atoms with Crippen molar-refractivity contribution in [2.24, 2.45) is 0 Å². The molecule has 1 aliphatic heterocycles. The fourth-order valence-electron chi connectivity index (χ4n) is 3.59. The molecule has 0 bridgehead atoms. The Hall–Kier alpha value is -3.15. The topological polar surface area (TPSA) is 78.5 Å². The predicted molar refractivity (Wildman–Crippen MR) is 111 cm³/mol. The first kappa shape index (κ1) is 20.6. The highest BCUT2D eigenvalue weighted by Crippen LogP contribution is 2.29. The van der Waals surface area contributed by atoms with Crippen molar-refractivity contribution in [3.05, 3.63) is 71.3 Å². The first-order valence-electron chi connectivity index (χ1n) is 9.93. The van der Waals surface area contributed by atoms with Crippen LogP contribution in [0.5, 0.6) is 0 Å². The van der Waals surface area contributed by atoms with E-state index in [-0.39, 0.29) is 18.5 Å². The number of hydrogen-bond acceptors (Lipinski definition) is 3. The first-order valence-corrected chi connectivity index (χ1v) is 9.93. The van der Waals surface area contributed by atoms with E-state index < -0.39 is 17.5 Å². The number of amides is 4. The Labute approximate surface area is 171 Å². The Bertz CT molecular complexity index is 895. The van der Waals surface area contributed by atoms with Crippen molar-refractivity contribution < 1.29 is 14.4 Å². The number of hydrogen-bond donors (Lipinski definition) is 2. The molecule has 29 heavy (non-hydrogen) atoms. The van der Waals surface area contributed by atoms with Gasteiger partial charge in [0.15, 0.2) is 0 Å². The second-order valence-corrected chi connectivity index (χ2v) is 7.59. The van der Waals surface area contributed by atoms with Crippen molar-refractivity contribution in [3.63, 3.8) is 0 Å². The lowest BCUT2D eigenvalue weighted by atomic mass is 9.91. The highest BCUT2D eigenvalue weighted by molar-refractivity contribution is 6.09. The molecule has 0 aliphatic carbocycles. The van der Waals surface area contributed by atoms with Crippen molar-refractivity contribution in [1.82, 2.24) is 15.5 Å². The summed E-state index contributed by atoms with van der Waals surface area (Å²) in [6, 6.07) is 16.4. The van der Waals surface area contributed by atoms with Gasteiger partial charge in [0.2, 0.25) is 5.91 Å². The van der Waals surface area contributed by atoms with Gasteiger partial charge in [-0.25, -0.2) is 4.79 Å². The Morgan fingerprint density at radius 3 is 2.38 bits per heavy atom. The van der Waals surface area contributed by atoms with Gasteiger partial charge in [-0.1, -0.05) is 67.9 Å². The fourth-order valence-corrected chi connectivity index (χ4v) is 3.59. The van der Waals surface area contributed by atoms with Crippen LogP contribution in [0, 0.1) is 0 Å². The molecule has 4 amide bonds. The van der Waals surface area contributed by atoms with Gasteiger partial charge >= 0.3 is 6.03 Å². The molecule has 2 unspecified atom stereocenters. The maximum Gasteiger partial charge on any atom is 0.325 e. The summed E-state index contributed by atoms with van der Waals surface area (Å²) in [6.07, 6.45) is 2.00. The van der Waals surface area contributed by atoms with Crippen LogP contribution in [-0.4, -0.2) is 29.3 Å². The lowest BCUT2D eigenvalue weighted by Gasteiger charge is -2.22. The Balaban J connectivity index is 1.69. The van der Waals surface area contributed by atoms with Gasteiger partial charge in [0.1, 0.15) is 12.1 Å². The molecule has 6 heteroatoms. The molecule has 2 N–H and O–H groups in total. The molecule has 0 aromatic heterocycles. The number of carbonyl (C=O) groups is 3. The van der Waals surface area contributed by atoms with Gasteiger partial charge in [0.05, 0.1) is 6.04 Å². The second kappa shape index (κ2) is 8.47. The van der Waals surface area contributed by atoms with Gasteiger partial charge in [-0.05, 0) is 37.0 Å². The highest BCUT2D eigenvalue weighted by atomic mass is 16.2. The molecule has 2 atom stereocenters. The number of benzene rings is 2. The van der Waals surface area contributed by atoms with E-state index in [9.17, 15) is 14.4 Å². The SMILES string of the molecule is CCCc1ccc(C2(C)NC(=O)N(CC(=O)NC(C)c3ccccc3)C2=O)cc1. The number of imide groups is 1. The molecule has 1 fully saturated rings. The van der Waals surface area contributed by atoms with Crippen LogP contribution in [0.4, 0.5) is 4.79 Å². The molecule has 152 valence electrons. The quantitative estimate of drug-likeness (QED) is 0.709. The van der Waals surface area contributed by atoms with Crippen molar-refractivity contribution in [2.45, 2.75) is 45.2 Å². The van der Waals surface area contributed by atoms with E-state index in [0.717, 1.165) is 23.3 Å². The summed E-state index contributed by atoms with van der Waals surface area (Å²) in [5.41, 5.74) is 1.67. The third kappa shape index (κ3) is 4.31. The summed E-state index contributed by atoms with van der Waals surface area (Å²) in [5.74, 6) is -0.805. The molecular formula is C23H27N3O3. The third-order valence-electron chi connectivity index (χ3n) is 5.32. The monoisotopic (exact) mass is 393 g/mol. The minimum atomic E-state index is -1.17. The molecule has 0 saturated carbocycles. The number of rotatable bonds is 7. The fraction of sp³-hybridized carbons (Fsp3) is 0.348. The summed E-state index contributed by atoms with van der Waals surface area (Å²) < 4.78 is 0. The van der Waals surface area contributed by atoms with Gasteiger partial charge in [-0.3, -0.25) is 14.5 Å². The van der Waals surface area contributed by atoms with Gasteiger partial charge in [-0.15, -0.1) is 0 Å². The van der Waals surface area contributed by atoms with Crippen molar-refractivity contribution in [1.29, 1.82) is 0 Å². The Morgan fingerprint density at radius 1 is 1.10 bits per heavy atom. The van der Waals surface area contributed by atoms with Crippen LogP contribution in [0.15, 0.2) is 54.6 Å². The number of carbonyl (C=O) groups excluding carboxylic acids is 3. The lowest BCUT2D eigenvalue weighted by Crippen LogP contribution is -2.43. The largest absolute Gasteiger partial charge is 0.348 e. The second-order valence-electron chi connectivity index (χ2n) is 7.59. The summed E-state index contributed by atoms with van der Waals surface area (Å²) in [6.45, 7) is 5.33. The molecule has 2 aromatic carbocycles. The van der Waals surface area contributed by atoms with Crippen LogP contribution >= 0.6 is 0 Å². The van der Waals surface area contributed by atoms with Gasteiger partial charge in [-0.2, -0.15) is 0 Å². The summed E-state index contributed by atoms with van der Waals surface area (Å²) in [7, 11) is 0. The van der Waals surface area contributed by atoms with Crippen LogP contribution < -0.4 is 10.6 Å². The normalized spacial score (nSPS) is 19.8. The minimum Gasteiger partial charge on any atom is -0.348 e. The highest BCUT2D eigenvalue weighted by Gasteiger charge is 2.49. The van der Waals surface area contributed by atoms with Crippen molar-refractivity contribution >= 4 is 17.8 Å². The maximum absolute atomic E-state index is 13.0. The average Bonchev–Trinajstić information content (AvgIpc) is 2.93. The molecule has 1 aliphatic rings. The molecule has 0 spiro atoms. The van der Waals surface area contributed by atoms with Crippen LogP contribution in [0.3, 0.4) is 0 Å². The maximum atomic E-state index is 13.0. The van der Waals surface area contributed by atoms with E-state index in [2.05, 4.69) is 17.6 Å². The number of nitrogens with zero attached hydrogens (tertiary/aromatic N) is 1. The zero-order chi connectivity index (χ0) is 21.0. The van der Waals surface area contributed by atoms with Gasteiger partial charge in [0.25, 0.3) is 5.91 Å². The third-order valence-corrected chi connectivity index (χ3v) is 5.32. The van der Waals surface area contributed by atoms with Gasteiger partial charge < -0.3 is 10.6 Å². The molecule has 0 radical (unpaired) electrons. The minimum absolute atomic E-state index is 0.220. The molecule has 1 saturated heterocycles. The van der Waals surface area contributed by atoms with E-state index in [1.165, 1.54) is 5.56 Å². The number of nitrogens with one attached hydrogen (secondary N) is 2. The summed E-state index contributed by atoms with van der Waals surface area (Å²) >= 11 is 0. The van der Waals surface area contributed by atoms with E-state index in [0.29, 0.717) is 5.56 Å². The van der Waals surface area contributed by atoms with Crippen LogP contribution in [0.1, 0.15) is 49.9 Å². The van der Waals surface area contributed by atoms with Gasteiger partial charge in [0, 0.05) is 0 Å². The summed E-state index contributed by atoms with van der Waals surface area (Å²) in [4.78, 5) is 38.9. The Morgan fingerprint density at radius 2 is 1.76 bits per heavy atom. The zero-order valence-corrected chi connectivity index (χ0v) is 17.1. The van der Waals surface area contributed by atoms with Crippen LogP contribution in [0.25, 0.3) is 0 Å². The standard InChI is InChI=1S/C23H27N3O3/c1-4-8-17-11-13-19(14-12-17)23(3)21(28)26(22(29)25-23)15-20(27)24-16(2)18-9-6-5-7-10-18/h5-7,9-14,16H,4,8,15H2,1-3H3,(H,24,27)(H,25,29). The molecule has 6 nitrogen and oxygen atoms in total. The zero-order valence-electron chi connectivity index (χ0n) is 17.1. The Kier molecular flexibility index (Phi) is 6.01. The smallest absolute Gasteiger partial charge is 0.325 e. The average molecular weight is 393 g/mol. The molecular weight excluding hydrogens is 366 g/mol.